The molecule has 134 valence electrons. The fourth-order valence-electron chi connectivity index (χ4n) is 2.17. The highest BCUT2D eigenvalue weighted by Gasteiger charge is 2.38. The highest BCUT2D eigenvalue weighted by atomic mass is 19.4. The van der Waals surface area contributed by atoms with Gasteiger partial charge in [0.25, 0.3) is 0 Å². The molecule has 0 unspecified atom stereocenters. The molecule has 0 atom stereocenters. The molecule has 0 N–H and O–H groups in total. The molecule has 0 aliphatic rings. The SMILES string of the molecule is CCOC(=O)c1ncc(-c2ccccc2C(F)(F)F)cc1C(F)(F)F. The fraction of sp³-hybridized carbons (Fsp3) is 0.250. The van der Waals surface area contributed by atoms with E-state index in [1.807, 2.05) is 0 Å². The molecule has 2 aromatic rings. The maximum absolute atomic E-state index is 13.2. The summed E-state index contributed by atoms with van der Waals surface area (Å²) in [6, 6.07) is 4.63. The molecule has 0 aliphatic heterocycles. The third kappa shape index (κ3) is 4.09. The summed E-state index contributed by atoms with van der Waals surface area (Å²) in [5.41, 5.74) is -4.44. The minimum absolute atomic E-state index is 0.170. The molecule has 1 aromatic carbocycles. The van der Waals surface area contributed by atoms with Crippen molar-refractivity contribution in [1.82, 2.24) is 4.98 Å². The van der Waals surface area contributed by atoms with Crippen LogP contribution < -0.4 is 0 Å². The third-order valence-electron chi connectivity index (χ3n) is 3.21. The lowest BCUT2D eigenvalue weighted by Gasteiger charge is -2.16. The lowest BCUT2D eigenvalue weighted by molar-refractivity contribution is -0.138. The number of hydrogen-bond donors (Lipinski definition) is 0. The second kappa shape index (κ2) is 6.73. The van der Waals surface area contributed by atoms with Crippen LogP contribution in [0.2, 0.25) is 0 Å². The number of alkyl halides is 6. The van der Waals surface area contributed by atoms with Crippen LogP contribution in [0.4, 0.5) is 26.3 Å². The zero-order valence-electron chi connectivity index (χ0n) is 12.7. The van der Waals surface area contributed by atoms with Gasteiger partial charge in [0.1, 0.15) is 0 Å². The molecule has 1 aromatic heterocycles. The van der Waals surface area contributed by atoms with Crippen LogP contribution in [0.25, 0.3) is 11.1 Å². The van der Waals surface area contributed by atoms with E-state index in [-0.39, 0.29) is 6.61 Å². The fourth-order valence-corrected chi connectivity index (χ4v) is 2.17. The number of carbonyl (C=O) groups excluding carboxylic acids is 1. The first-order valence-corrected chi connectivity index (χ1v) is 6.96. The van der Waals surface area contributed by atoms with E-state index >= 15 is 0 Å². The minimum atomic E-state index is -4.99. The molecule has 0 saturated heterocycles. The highest BCUT2D eigenvalue weighted by molar-refractivity contribution is 5.90. The van der Waals surface area contributed by atoms with Crippen LogP contribution in [0.3, 0.4) is 0 Å². The van der Waals surface area contributed by atoms with Crippen molar-refractivity contribution in [3.63, 3.8) is 0 Å². The Morgan fingerprint density at radius 2 is 1.64 bits per heavy atom. The van der Waals surface area contributed by atoms with Crippen molar-refractivity contribution >= 4 is 5.97 Å². The Bertz CT molecular complexity index is 783. The zero-order chi connectivity index (χ0) is 18.8. The van der Waals surface area contributed by atoms with Crippen molar-refractivity contribution in [2.75, 3.05) is 6.61 Å². The normalized spacial score (nSPS) is 12.1. The van der Waals surface area contributed by atoms with Crippen LogP contribution in [0.5, 0.6) is 0 Å². The van der Waals surface area contributed by atoms with Crippen molar-refractivity contribution in [2.45, 2.75) is 19.3 Å². The van der Waals surface area contributed by atoms with Gasteiger partial charge in [-0.05, 0) is 24.6 Å². The number of pyridine rings is 1. The molecule has 0 radical (unpaired) electrons. The summed E-state index contributed by atoms with van der Waals surface area (Å²) in [5, 5.41) is 0. The first-order chi connectivity index (χ1) is 11.6. The molecule has 0 amide bonds. The predicted octanol–water partition coefficient (Wildman–Crippen LogP) is 4.96. The maximum Gasteiger partial charge on any atom is 0.418 e. The van der Waals surface area contributed by atoms with Gasteiger partial charge in [-0.3, -0.25) is 0 Å². The van der Waals surface area contributed by atoms with Gasteiger partial charge >= 0.3 is 18.3 Å². The Kier molecular flexibility index (Phi) is 5.05. The van der Waals surface area contributed by atoms with Gasteiger partial charge in [0.15, 0.2) is 5.69 Å². The molecule has 0 fully saturated rings. The van der Waals surface area contributed by atoms with Crippen LogP contribution in [0, 0.1) is 0 Å². The summed E-state index contributed by atoms with van der Waals surface area (Å²) < 4.78 is 83.3. The number of ether oxygens (including phenoxy) is 1. The van der Waals surface area contributed by atoms with Crippen LogP contribution in [0.1, 0.15) is 28.5 Å². The van der Waals surface area contributed by atoms with E-state index in [2.05, 4.69) is 9.72 Å². The summed E-state index contributed by atoms with van der Waals surface area (Å²) in [7, 11) is 0. The van der Waals surface area contributed by atoms with E-state index in [0.717, 1.165) is 24.4 Å². The van der Waals surface area contributed by atoms with E-state index in [9.17, 15) is 31.1 Å². The lowest BCUT2D eigenvalue weighted by Crippen LogP contribution is -2.17. The molecule has 0 aliphatic carbocycles. The Balaban J connectivity index is 2.65. The summed E-state index contributed by atoms with van der Waals surface area (Å²) >= 11 is 0. The van der Waals surface area contributed by atoms with Crippen molar-refractivity contribution in [3.05, 3.63) is 53.3 Å². The summed E-state index contributed by atoms with van der Waals surface area (Å²) in [4.78, 5) is 15.0. The molecule has 2 rings (SSSR count). The highest BCUT2D eigenvalue weighted by Crippen LogP contribution is 2.39. The number of esters is 1. The average Bonchev–Trinajstić information content (AvgIpc) is 2.53. The number of aromatic nitrogens is 1. The van der Waals surface area contributed by atoms with Gasteiger partial charge in [-0.2, -0.15) is 26.3 Å². The first kappa shape index (κ1) is 18.8. The number of nitrogens with zero attached hydrogens (tertiary/aromatic N) is 1. The smallest absolute Gasteiger partial charge is 0.418 e. The third-order valence-corrected chi connectivity index (χ3v) is 3.21. The second-order valence-corrected chi connectivity index (χ2v) is 4.88. The first-order valence-electron chi connectivity index (χ1n) is 6.96. The van der Waals surface area contributed by atoms with Crippen LogP contribution in [0.15, 0.2) is 36.5 Å². The van der Waals surface area contributed by atoms with Crippen LogP contribution in [-0.4, -0.2) is 17.6 Å². The van der Waals surface area contributed by atoms with Gasteiger partial charge in [-0.25, -0.2) is 9.78 Å². The largest absolute Gasteiger partial charge is 0.461 e. The predicted molar refractivity (Wildman–Crippen MR) is 75.6 cm³/mol. The number of halogens is 6. The van der Waals surface area contributed by atoms with E-state index in [0.29, 0.717) is 6.07 Å². The molecule has 0 bridgehead atoms. The second-order valence-electron chi connectivity index (χ2n) is 4.88. The van der Waals surface area contributed by atoms with Gasteiger partial charge in [0.05, 0.1) is 17.7 Å². The number of hydrogen-bond acceptors (Lipinski definition) is 3. The lowest BCUT2D eigenvalue weighted by atomic mass is 9.98. The van der Waals surface area contributed by atoms with Crippen LogP contribution >= 0.6 is 0 Å². The van der Waals surface area contributed by atoms with Gasteiger partial charge in [0.2, 0.25) is 0 Å². The number of carbonyl (C=O) groups is 1. The average molecular weight is 363 g/mol. The minimum Gasteiger partial charge on any atom is -0.461 e. The summed E-state index contributed by atoms with van der Waals surface area (Å²) in [6.45, 7) is 1.23. The Morgan fingerprint density at radius 1 is 1.04 bits per heavy atom. The molecule has 25 heavy (non-hydrogen) atoms. The Labute approximate surface area is 138 Å². The van der Waals surface area contributed by atoms with E-state index in [4.69, 9.17) is 0 Å². The molecular formula is C16H11F6NO2. The quantitative estimate of drug-likeness (QED) is 0.571. The van der Waals surface area contributed by atoms with Gasteiger partial charge < -0.3 is 4.74 Å². The molecule has 9 heteroatoms. The van der Waals surface area contributed by atoms with Crippen molar-refractivity contribution < 1.29 is 35.9 Å². The molecule has 0 saturated carbocycles. The van der Waals surface area contributed by atoms with Crippen molar-refractivity contribution in [3.8, 4) is 11.1 Å². The topological polar surface area (TPSA) is 39.2 Å². The Hall–Kier alpha value is -2.58. The molecule has 0 spiro atoms. The van der Waals surface area contributed by atoms with E-state index in [1.165, 1.54) is 13.0 Å². The zero-order valence-corrected chi connectivity index (χ0v) is 12.7. The monoisotopic (exact) mass is 363 g/mol. The van der Waals surface area contributed by atoms with E-state index in [1.54, 1.807) is 0 Å². The maximum atomic E-state index is 13.2. The van der Waals surface area contributed by atoms with E-state index < -0.39 is 46.3 Å². The van der Waals surface area contributed by atoms with Gasteiger partial charge in [-0.15, -0.1) is 0 Å². The van der Waals surface area contributed by atoms with Crippen molar-refractivity contribution in [1.29, 1.82) is 0 Å². The Morgan fingerprint density at radius 3 is 2.20 bits per heavy atom. The number of rotatable bonds is 3. The number of benzene rings is 1. The van der Waals surface area contributed by atoms with Gasteiger partial charge in [-0.1, -0.05) is 18.2 Å². The van der Waals surface area contributed by atoms with Gasteiger partial charge in [0, 0.05) is 11.8 Å². The molecule has 1 heterocycles. The molecule has 3 nitrogen and oxygen atoms in total. The standard InChI is InChI=1S/C16H11F6NO2/c1-2-25-14(24)13-12(16(20,21)22)7-9(8-23-13)10-5-3-4-6-11(10)15(17,18)19/h3-8H,2H2,1H3. The van der Waals surface area contributed by atoms with Crippen LogP contribution in [-0.2, 0) is 17.1 Å². The summed E-state index contributed by atoms with van der Waals surface area (Å²) in [5.74, 6) is -1.30. The molecular weight excluding hydrogens is 352 g/mol. The van der Waals surface area contributed by atoms with Crippen molar-refractivity contribution in [2.24, 2.45) is 0 Å². The summed E-state index contributed by atoms with van der Waals surface area (Å²) in [6.07, 6.45) is -8.96.